The van der Waals surface area contributed by atoms with Gasteiger partial charge in [0.05, 0.1) is 19.9 Å². The number of nitrogens with zero attached hydrogens (tertiary/aromatic N) is 7. The number of hydrogen-bond acceptors (Lipinski definition) is 9. The van der Waals surface area contributed by atoms with Gasteiger partial charge in [0.2, 0.25) is 11.7 Å². The van der Waals surface area contributed by atoms with Crippen LogP contribution in [0.2, 0.25) is 0 Å². The van der Waals surface area contributed by atoms with Crippen molar-refractivity contribution in [3.05, 3.63) is 18.6 Å². The van der Waals surface area contributed by atoms with Gasteiger partial charge in [-0.3, -0.25) is 4.68 Å². The molecular formula is C11H12N8O2. The van der Waals surface area contributed by atoms with Crippen LogP contribution in [0.4, 0.5) is 0 Å². The molecular weight excluding hydrogens is 276 g/mol. The Morgan fingerprint density at radius 1 is 1.33 bits per heavy atom. The Bertz CT molecular complexity index is 737. The van der Waals surface area contributed by atoms with Gasteiger partial charge in [0, 0.05) is 12.6 Å². The largest absolute Gasteiger partial charge is 0.481 e. The highest BCUT2D eigenvalue weighted by Crippen LogP contribution is 2.20. The van der Waals surface area contributed by atoms with E-state index in [4.69, 9.17) is 15.0 Å². The standard InChI is InChI=1S/C11H12N8O2/c1-20-9-4-7(13-6-14-9)10-15-11(21-17-10)8-5-19(3-2-12)18-16-8/h4-6H,2-3,12H2,1H3. The minimum absolute atomic E-state index is 0.255. The van der Waals surface area contributed by atoms with Gasteiger partial charge >= 0.3 is 0 Å². The van der Waals surface area contributed by atoms with Gasteiger partial charge in [-0.2, -0.15) is 4.98 Å². The molecule has 0 unspecified atom stereocenters. The molecule has 0 saturated heterocycles. The fourth-order valence-corrected chi connectivity index (χ4v) is 1.64. The van der Waals surface area contributed by atoms with E-state index in [-0.39, 0.29) is 5.89 Å². The van der Waals surface area contributed by atoms with Crippen LogP contribution in [0.1, 0.15) is 0 Å². The van der Waals surface area contributed by atoms with Crippen LogP contribution in [0.25, 0.3) is 23.1 Å². The number of rotatable bonds is 5. The maximum absolute atomic E-state index is 5.45. The normalized spacial score (nSPS) is 10.8. The number of hydrogen-bond donors (Lipinski definition) is 1. The molecule has 0 spiro atoms. The van der Waals surface area contributed by atoms with Gasteiger partial charge in [0.15, 0.2) is 5.69 Å². The first-order chi connectivity index (χ1) is 10.3. The predicted octanol–water partition coefficient (Wildman–Crippen LogP) is -0.248. The Hall–Kier alpha value is -2.88. The highest BCUT2D eigenvalue weighted by molar-refractivity contribution is 5.53. The molecule has 0 saturated carbocycles. The van der Waals surface area contributed by atoms with Crippen LogP contribution >= 0.6 is 0 Å². The molecule has 0 aromatic carbocycles. The summed E-state index contributed by atoms with van der Waals surface area (Å²) in [5, 5.41) is 11.7. The molecule has 0 atom stereocenters. The van der Waals surface area contributed by atoms with E-state index in [2.05, 4.69) is 30.4 Å². The second kappa shape index (κ2) is 5.63. The zero-order valence-electron chi connectivity index (χ0n) is 11.2. The molecule has 3 heterocycles. The van der Waals surface area contributed by atoms with Crippen LogP contribution in [-0.2, 0) is 6.54 Å². The maximum atomic E-state index is 5.45. The van der Waals surface area contributed by atoms with Crippen LogP contribution in [0.5, 0.6) is 5.88 Å². The lowest BCUT2D eigenvalue weighted by atomic mass is 10.4. The molecule has 0 aliphatic heterocycles. The molecule has 0 bridgehead atoms. The molecule has 21 heavy (non-hydrogen) atoms. The Morgan fingerprint density at radius 2 is 2.24 bits per heavy atom. The van der Waals surface area contributed by atoms with E-state index in [1.165, 1.54) is 13.4 Å². The topological polar surface area (TPSA) is 131 Å². The third-order valence-electron chi connectivity index (χ3n) is 2.62. The van der Waals surface area contributed by atoms with Crippen molar-refractivity contribution in [3.63, 3.8) is 0 Å². The van der Waals surface area contributed by atoms with Crippen LogP contribution in [-0.4, -0.2) is 48.8 Å². The molecule has 10 heteroatoms. The van der Waals surface area contributed by atoms with Gasteiger partial charge in [-0.1, -0.05) is 10.4 Å². The van der Waals surface area contributed by atoms with E-state index in [1.54, 1.807) is 16.9 Å². The Kier molecular flexibility index (Phi) is 3.51. The molecule has 2 N–H and O–H groups in total. The minimum atomic E-state index is 0.255. The zero-order chi connectivity index (χ0) is 14.7. The van der Waals surface area contributed by atoms with E-state index in [1.807, 2.05) is 0 Å². The smallest absolute Gasteiger partial charge is 0.280 e. The van der Waals surface area contributed by atoms with Crippen molar-refractivity contribution in [2.24, 2.45) is 5.73 Å². The van der Waals surface area contributed by atoms with E-state index in [9.17, 15) is 0 Å². The van der Waals surface area contributed by atoms with Gasteiger partial charge in [0.1, 0.15) is 12.0 Å². The van der Waals surface area contributed by atoms with Crippen LogP contribution in [0.15, 0.2) is 23.1 Å². The third kappa shape index (κ3) is 2.69. The lowest BCUT2D eigenvalue weighted by Crippen LogP contribution is -2.10. The minimum Gasteiger partial charge on any atom is -0.481 e. The first kappa shape index (κ1) is 13.1. The van der Waals surface area contributed by atoms with Crippen molar-refractivity contribution in [1.29, 1.82) is 0 Å². The summed E-state index contributed by atoms with van der Waals surface area (Å²) in [7, 11) is 1.52. The van der Waals surface area contributed by atoms with Crippen molar-refractivity contribution in [1.82, 2.24) is 35.1 Å². The van der Waals surface area contributed by atoms with E-state index in [0.717, 1.165) is 0 Å². The summed E-state index contributed by atoms with van der Waals surface area (Å²) in [6.07, 6.45) is 3.05. The summed E-state index contributed by atoms with van der Waals surface area (Å²) in [5.74, 6) is 0.991. The van der Waals surface area contributed by atoms with Crippen LogP contribution in [0, 0.1) is 0 Å². The average molecular weight is 288 g/mol. The fourth-order valence-electron chi connectivity index (χ4n) is 1.64. The lowest BCUT2D eigenvalue weighted by Gasteiger charge is -1.97. The first-order valence-electron chi connectivity index (χ1n) is 6.11. The SMILES string of the molecule is COc1cc(-c2noc(-c3cn(CCN)nn3)n2)ncn1. The Balaban J connectivity index is 1.88. The molecule has 108 valence electrons. The maximum Gasteiger partial charge on any atom is 0.280 e. The fraction of sp³-hybridized carbons (Fsp3) is 0.273. The molecule has 3 aromatic heterocycles. The molecule has 0 aliphatic rings. The zero-order valence-corrected chi connectivity index (χ0v) is 11.2. The molecule has 3 aromatic rings. The summed E-state index contributed by atoms with van der Waals surface area (Å²) in [4.78, 5) is 12.2. The molecule has 0 amide bonds. The van der Waals surface area contributed by atoms with Gasteiger partial charge in [-0.15, -0.1) is 5.10 Å². The van der Waals surface area contributed by atoms with Gasteiger partial charge in [-0.05, 0) is 0 Å². The lowest BCUT2D eigenvalue weighted by molar-refractivity contribution is 0.397. The quantitative estimate of drug-likeness (QED) is 0.675. The third-order valence-corrected chi connectivity index (χ3v) is 2.62. The van der Waals surface area contributed by atoms with Crippen molar-refractivity contribution in [2.75, 3.05) is 13.7 Å². The van der Waals surface area contributed by atoms with E-state index >= 15 is 0 Å². The summed E-state index contributed by atoms with van der Waals surface area (Å²) in [6.45, 7) is 1.04. The van der Waals surface area contributed by atoms with Crippen molar-refractivity contribution in [2.45, 2.75) is 6.54 Å². The van der Waals surface area contributed by atoms with Crippen LogP contribution < -0.4 is 10.5 Å². The van der Waals surface area contributed by atoms with Crippen molar-refractivity contribution < 1.29 is 9.26 Å². The summed E-state index contributed by atoms with van der Waals surface area (Å²) >= 11 is 0. The van der Waals surface area contributed by atoms with Crippen molar-refractivity contribution >= 4 is 0 Å². The molecule has 10 nitrogen and oxygen atoms in total. The van der Waals surface area contributed by atoms with Gasteiger partial charge in [0.25, 0.3) is 5.89 Å². The van der Waals surface area contributed by atoms with Gasteiger partial charge in [-0.25, -0.2) is 9.97 Å². The molecule has 0 aliphatic carbocycles. The highest BCUT2D eigenvalue weighted by atomic mass is 16.5. The first-order valence-corrected chi connectivity index (χ1v) is 6.11. The van der Waals surface area contributed by atoms with E-state index < -0.39 is 0 Å². The van der Waals surface area contributed by atoms with Crippen LogP contribution in [0.3, 0.4) is 0 Å². The second-order valence-electron chi connectivity index (χ2n) is 4.02. The number of ether oxygens (including phenoxy) is 1. The predicted molar refractivity (Wildman–Crippen MR) is 69.9 cm³/mol. The van der Waals surface area contributed by atoms with E-state index in [0.29, 0.717) is 36.2 Å². The van der Waals surface area contributed by atoms with Crippen molar-refractivity contribution in [3.8, 4) is 29.0 Å². The summed E-state index contributed by atoms with van der Waals surface area (Å²) in [5.41, 5.74) is 6.42. The van der Waals surface area contributed by atoms with Gasteiger partial charge < -0.3 is 15.0 Å². The number of nitrogens with two attached hydrogens (primary N) is 1. The molecule has 0 fully saturated rings. The Labute approximate surface area is 119 Å². The summed E-state index contributed by atoms with van der Waals surface area (Å²) < 4.78 is 11.8. The molecule has 0 radical (unpaired) electrons. The number of methoxy groups -OCH3 is 1. The second-order valence-corrected chi connectivity index (χ2v) is 4.02. The highest BCUT2D eigenvalue weighted by Gasteiger charge is 2.15. The number of aromatic nitrogens is 7. The average Bonchev–Trinajstić information content (AvgIpc) is 3.16. The molecule has 3 rings (SSSR count). The summed E-state index contributed by atoms with van der Waals surface area (Å²) in [6, 6.07) is 1.61. The monoisotopic (exact) mass is 288 g/mol. The Morgan fingerprint density at radius 3 is 3.05 bits per heavy atom.